The number of likely N-dealkylation sites (tertiary alicyclic amines) is 1. The van der Waals surface area contributed by atoms with Crippen LogP contribution in [0.2, 0.25) is 0 Å². The van der Waals surface area contributed by atoms with Crippen LogP contribution < -0.4 is 16.0 Å². The fourth-order valence-electron chi connectivity index (χ4n) is 3.32. The van der Waals surface area contributed by atoms with Gasteiger partial charge in [-0.25, -0.2) is 13.6 Å². The first kappa shape index (κ1) is 22.2. The lowest BCUT2D eigenvalue weighted by Gasteiger charge is -2.32. The first-order valence-corrected chi connectivity index (χ1v) is 10.0. The number of halogens is 2. The normalized spacial score (nSPS) is 14.1. The van der Waals surface area contributed by atoms with Crippen molar-refractivity contribution < 1.29 is 23.2 Å². The molecule has 0 atom stereocenters. The fourth-order valence-corrected chi connectivity index (χ4v) is 3.32. The van der Waals surface area contributed by atoms with Gasteiger partial charge in [-0.05, 0) is 42.7 Å². The Balaban J connectivity index is 1.35. The van der Waals surface area contributed by atoms with E-state index in [1.54, 1.807) is 23.1 Å². The lowest BCUT2D eigenvalue weighted by molar-refractivity contribution is -0.121. The Morgan fingerprint density at radius 1 is 0.935 bits per heavy atom. The highest BCUT2D eigenvalue weighted by Gasteiger charge is 2.25. The van der Waals surface area contributed by atoms with Crippen LogP contribution in [0.1, 0.15) is 28.8 Å². The van der Waals surface area contributed by atoms with Crippen molar-refractivity contribution in [1.29, 1.82) is 0 Å². The number of hydrogen-bond acceptors (Lipinski definition) is 3. The summed E-state index contributed by atoms with van der Waals surface area (Å²) < 4.78 is 26.7. The Morgan fingerprint density at radius 2 is 1.61 bits per heavy atom. The molecule has 3 N–H and O–H groups in total. The van der Waals surface area contributed by atoms with Gasteiger partial charge in [0.25, 0.3) is 5.91 Å². The van der Waals surface area contributed by atoms with Crippen molar-refractivity contribution in [2.24, 2.45) is 0 Å². The Labute approximate surface area is 178 Å². The van der Waals surface area contributed by atoms with Crippen LogP contribution in [0.5, 0.6) is 0 Å². The summed E-state index contributed by atoms with van der Waals surface area (Å²) in [6, 6.07) is 11.0. The van der Waals surface area contributed by atoms with E-state index in [1.165, 1.54) is 30.3 Å². The van der Waals surface area contributed by atoms with Gasteiger partial charge in [-0.15, -0.1) is 0 Å². The number of hydrogen-bond donors (Lipinski definition) is 3. The second-order valence-corrected chi connectivity index (χ2v) is 7.28. The van der Waals surface area contributed by atoms with Gasteiger partial charge in [-0.3, -0.25) is 9.59 Å². The summed E-state index contributed by atoms with van der Waals surface area (Å²) in [6.45, 7) is 0.833. The van der Waals surface area contributed by atoms with E-state index in [4.69, 9.17) is 0 Å². The predicted octanol–water partition coefficient (Wildman–Crippen LogP) is 2.18. The quantitative estimate of drug-likeness (QED) is 0.656. The highest BCUT2D eigenvalue weighted by atomic mass is 19.1. The maximum absolute atomic E-state index is 13.8. The number of amides is 4. The van der Waals surface area contributed by atoms with E-state index in [0.717, 1.165) is 5.56 Å². The van der Waals surface area contributed by atoms with Gasteiger partial charge in [0.05, 0.1) is 12.1 Å². The molecule has 1 aliphatic heterocycles. The van der Waals surface area contributed by atoms with Crippen LogP contribution in [0.15, 0.2) is 48.5 Å². The van der Waals surface area contributed by atoms with Crippen LogP contribution in [0.25, 0.3) is 0 Å². The zero-order chi connectivity index (χ0) is 22.2. The van der Waals surface area contributed by atoms with Crippen LogP contribution in [0, 0.1) is 11.6 Å². The third kappa shape index (κ3) is 6.50. The molecule has 1 saturated heterocycles. The summed E-state index contributed by atoms with van der Waals surface area (Å²) in [5.41, 5.74) is 0.776. The van der Waals surface area contributed by atoms with Crippen molar-refractivity contribution >= 4 is 17.8 Å². The van der Waals surface area contributed by atoms with Crippen molar-refractivity contribution in [2.75, 3.05) is 19.6 Å². The molecule has 0 aliphatic carbocycles. The van der Waals surface area contributed by atoms with Crippen LogP contribution >= 0.6 is 0 Å². The average Bonchev–Trinajstić information content (AvgIpc) is 2.78. The van der Waals surface area contributed by atoms with E-state index in [-0.39, 0.29) is 42.3 Å². The SMILES string of the molecule is O=C(CNC(=O)NCc1ccc(F)cc1)NC1CCN(C(=O)c2ccccc2F)CC1. The lowest BCUT2D eigenvalue weighted by atomic mass is 10.0. The molecule has 31 heavy (non-hydrogen) atoms. The van der Waals surface area contributed by atoms with Crippen molar-refractivity contribution in [3.05, 3.63) is 71.3 Å². The lowest BCUT2D eigenvalue weighted by Crippen LogP contribution is -2.49. The van der Waals surface area contributed by atoms with E-state index < -0.39 is 11.8 Å². The van der Waals surface area contributed by atoms with Crippen LogP contribution in [0.4, 0.5) is 13.6 Å². The van der Waals surface area contributed by atoms with Crippen LogP contribution in [-0.2, 0) is 11.3 Å². The molecule has 3 rings (SSSR count). The predicted molar refractivity (Wildman–Crippen MR) is 110 cm³/mol. The number of carbonyl (C=O) groups excluding carboxylic acids is 3. The highest BCUT2D eigenvalue weighted by Crippen LogP contribution is 2.16. The second-order valence-electron chi connectivity index (χ2n) is 7.28. The molecule has 0 saturated carbocycles. The molecule has 0 unspecified atom stereocenters. The summed E-state index contributed by atoms with van der Waals surface area (Å²) in [5.74, 6) is -1.60. The number of nitrogens with zero attached hydrogens (tertiary/aromatic N) is 1. The number of rotatable bonds is 6. The Bertz CT molecular complexity index is 929. The van der Waals surface area contributed by atoms with E-state index in [9.17, 15) is 23.2 Å². The Hall–Kier alpha value is -3.49. The van der Waals surface area contributed by atoms with Gasteiger partial charge in [0.2, 0.25) is 5.91 Å². The summed E-state index contributed by atoms with van der Waals surface area (Å²) in [5, 5.41) is 7.88. The van der Waals surface area contributed by atoms with E-state index in [2.05, 4.69) is 16.0 Å². The highest BCUT2D eigenvalue weighted by molar-refractivity contribution is 5.94. The van der Waals surface area contributed by atoms with Gasteiger partial charge in [-0.1, -0.05) is 24.3 Å². The van der Waals surface area contributed by atoms with Gasteiger partial charge in [0.1, 0.15) is 11.6 Å². The fraction of sp³-hybridized carbons (Fsp3) is 0.318. The number of urea groups is 1. The molecule has 0 aromatic heterocycles. The van der Waals surface area contributed by atoms with E-state index in [1.807, 2.05) is 0 Å². The zero-order valence-electron chi connectivity index (χ0n) is 16.9. The minimum atomic E-state index is -0.549. The van der Waals surface area contributed by atoms with Crippen molar-refractivity contribution in [3.63, 3.8) is 0 Å². The standard InChI is InChI=1S/C22H24F2N4O3/c23-16-7-5-15(6-8-16)13-25-22(31)26-14-20(29)27-17-9-11-28(12-10-17)21(30)18-3-1-2-4-19(18)24/h1-8,17H,9-14H2,(H,27,29)(H2,25,26,31). The maximum atomic E-state index is 13.8. The number of benzene rings is 2. The first-order valence-electron chi connectivity index (χ1n) is 10.0. The third-order valence-corrected chi connectivity index (χ3v) is 5.03. The first-order chi connectivity index (χ1) is 14.9. The summed E-state index contributed by atoms with van der Waals surface area (Å²) in [4.78, 5) is 37.9. The average molecular weight is 430 g/mol. The molecule has 4 amide bonds. The topological polar surface area (TPSA) is 90.5 Å². The van der Waals surface area contributed by atoms with Crippen molar-refractivity contribution in [3.8, 4) is 0 Å². The summed E-state index contributed by atoms with van der Waals surface area (Å²) in [6.07, 6.45) is 1.09. The number of nitrogens with one attached hydrogen (secondary N) is 3. The van der Waals surface area contributed by atoms with Gasteiger partial charge >= 0.3 is 6.03 Å². The van der Waals surface area contributed by atoms with Gasteiger partial charge in [0.15, 0.2) is 0 Å². The molecule has 1 aliphatic rings. The molecule has 0 radical (unpaired) electrons. The monoisotopic (exact) mass is 430 g/mol. The molecule has 2 aromatic carbocycles. The molecular weight excluding hydrogens is 406 g/mol. The van der Waals surface area contributed by atoms with E-state index >= 15 is 0 Å². The summed E-state index contributed by atoms with van der Waals surface area (Å²) >= 11 is 0. The third-order valence-electron chi connectivity index (χ3n) is 5.03. The smallest absolute Gasteiger partial charge is 0.315 e. The number of carbonyl (C=O) groups is 3. The Morgan fingerprint density at radius 3 is 2.29 bits per heavy atom. The molecule has 1 fully saturated rings. The molecule has 2 aromatic rings. The number of piperidine rings is 1. The van der Waals surface area contributed by atoms with Gasteiger partial charge in [-0.2, -0.15) is 0 Å². The van der Waals surface area contributed by atoms with Crippen molar-refractivity contribution in [2.45, 2.75) is 25.4 Å². The molecule has 0 spiro atoms. The van der Waals surface area contributed by atoms with Crippen molar-refractivity contribution in [1.82, 2.24) is 20.9 Å². The largest absolute Gasteiger partial charge is 0.352 e. The molecule has 164 valence electrons. The second kappa shape index (κ2) is 10.5. The van der Waals surface area contributed by atoms with E-state index in [0.29, 0.717) is 25.9 Å². The molecular formula is C22H24F2N4O3. The minimum absolute atomic E-state index is 0.0424. The van der Waals surface area contributed by atoms with Gasteiger partial charge < -0.3 is 20.9 Å². The molecule has 7 nitrogen and oxygen atoms in total. The molecule has 0 bridgehead atoms. The molecule has 9 heteroatoms. The zero-order valence-corrected chi connectivity index (χ0v) is 16.9. The van der Waals surface area contributed by atoms with Gasteiger partial charge in [0, 0.05) is 25.7 Å². The van der Waals surface area contributed by atoms with Crippen LogP contribution in [0.3, 0.4) is 0 Å². The minimum Gasteiger partial charge on any atom is -0.352 e. The van der Waals surface area contributed by atoms with Crippen LogP contribution in [-0.4, -0.2) is 48.4 Å². The Kier molecular flexibility index (Phi) is 7.53. The maximum Gasteiger partial charge on any atom is 0.315 e. The molecule has 1 heterocycles. The summed E-state index contributed by atoms with van der Waals surface area (Å²) in [7, 11) is 0.